The highest BCUT2D eigenvalue weighted by Crippen LogP contribution is 2.25. The zero-order valence-corrected chi connectivity index (χ0v) is 14.7. The summed E-state index contributed by atoms with van der Waals surface area (Å²) in [4.78, 5) is 13.0. The van der Waals surface area contributed by atoms with Gasteiger partial charge in [-0.2, -0.15) is 9.61 Å². The Hall–Kier alpha value is -3.20. The van der Waals surface area contributed by atoms with Gasteiger partial charge in [0.2, 0.25) is 0 Å². The van der Waals surface area contributed by atoms with Gasteiger partial charge in [-0.1, -0.05) is 17.4 Å². The van der Waals surface area contributed by atoms with Crippen molar-refractivity contribution in [2.24, 2.45) is 9.98 Å². The third-order valence-electron chi connectivity index (χ3n) is 4.16. The van der Waals surface area contributed by atoms with Gasteiger partial charge in [0, 0.05) is 6.42 Å². The SMILES string of the molecule is CC1N=CC(c2ccc3nnc(Cc4ccc5nc(N)sc5c4)n3n2)=N1. The molecule has 4 heterocycles. The highest BCUT2D eigenvalue weighted by molar-refractivity contribution is 7.22. The maximum absolute atomic E-state index is 5.79. The van der Waals surface area contributed by atoms with Crippen LogP contribution in [0.15, 0.2) is 40.3 Å². The molecule has 0 radical (unpaired) electrons. The summed E-state index contributed by atoms with van der Waals surface area (Å²) < 4.78 is 2.83. The molecule has 128 valence electrons. The predicted molar refractivity (Wildman–Crippen MR) is 102 cm³/mol. The summed E-state index contributed by atoms with van der Waals surface area (Å²) in [6.07, 6.45) is 2.31. The quantitative estimate of drug-likeness (QED) is 0.601. The molecule has 1 aromatic carbocycles. The fourth-order valence-corrected chi connectivity index (χ4v) is 3.74. The fourth-order valence-electron chi connectivity index (χ4n) is 2.94. The molecule has 9 heteroatoms. The van der Waals surface area contributed by atoms with Crippen molar-refractivity contribution in [1.29, 1.82) is 0 Å². The number of hydrogen-bond donors (Lipinski definition) is 1. The van der Waals surface area contributed by atoms with Gasteiger partial charge in [-0.05, 0) is 36.8 Å². The molecule has 0 saturated carbocycles. The van der Waals surface area contributed by atoms with E-state index in [-0.39, 0.29) is 6.17 Å². The number of fused-ring (bicyclic) bond motifs is 2. The van der Waals surface area contributed by atoms with Gasteiger partial charge in [0.05, 0.1) is 16.4 Å². The molecule has 1 unspecified atom stereocenters. The van der Waals surface area contributed by atoms with E-state index in [1.807, 2.05) is 31.2 Å². The van der Waals surface area contributed by atoms with Crippen LogP contribution in [0, 0.1) is 0 Å². The molecule has 1 aliphatic rings. The Bertz CT molecular complexity index is 1200. The van der Waals surface area contributed by atoms with E-state index in [4.69, 9.17) is 5.73 Å². The minimum atomic E-state index is -0.0542. The lowest BCUT2D eigenvalue weighted by molar-refractivity contribution is 0.811. The van der Waals surface area contributed by atoms with Gasteiger partial charge in [0.15, 0.2) is 16.6 Å². The highest BCUT2D eigenvalue weighted by atomic mass is 32.1. The first-order valence-electron chi connectivity index (χ1n) is 8.13. The summed E-state index contributed by atoms with van der Waals surface area (Å²) in [6, 6.07) is 9.88. The minimum Gasteiger partial charge on any atom is -0.375 e. The van der Waals surface area contributed by atoms with E-state index >= 15 is 0 Å². The zero-order chi connectivity index (χ0) is 17.7. The molecule has 1 aliphatic heterocycles. The predicted octanol–water partition coefficient (Wildman–Crippen LogP) is 2.13. The highest BCUT2D eigenvalue weighted by Gasteiger charge is 2.14. The third kappa shape index (κ3) is 2.53. The molecule has 0 aliphatic carbocycles. The summed E-state index contributed by atoms with van der Waals surface area (Å²) >= 11 is 1.48. The summed E-state index contributed by atoms with van der Waals surface area (Å²) in [6.45, 7) is 1.94. The van der Waals surface area contributed by atoms with E-state index in [9.17, 15) is 0 Å². The molecule has 0 amide bonds. The standard InChI is InChI=1S/C17H14N8S/c1-9-19-8-13(20-9)11-4-5-15-22-23-16(25(15)24-11)7-10-2-3-12-14(6-10)26-17(18)21-12/h2-6,8-9H,7H2,1H3,(H2,18,21). The van der Waals surface area contributed by atoms with Crippen LogP contribution in [0.25, 0.3) is 15.9 Å². The first-order valence-corrected chi connectivity index (χ1v) is 8.95. The van der Waals surface area contributed by atoms with E-state index in [1.165, 1.54) is 11.3 Å². The van der Waals surface area contributed by atoms with Gasteiger partial charge >= 0.3 is 0 Å². The molecule has 2 N–H and O–H groups in total. The van der Waals surface area contributed by atoms with Crippen molar-refractivity contribution in [3.05, 3.63) is 47.4 Å². The molecule has 5 rings (SSSR count). The largest absolute Gasteiger partial charge is 0.375 e. The van der Waals surface area contributed by atoms with E-state index < -0.39 is 0 Å². The zero-order valence-electron chi connectivity index (χ0n) is 13.9. The van der Waals surface area contributed by atoms with Gasteiger partial charge in [-0.25, -0.2) is 4.98 Å². The van der Waals surface area contributed by atoms with Crippen molar-refractivity contribution in [3.63, 3.8) is 0 Å². The molecule has 0 bridgehead atoms. The van der Waals surface area contributed by atoms with Crippen LogP contribution in [0.2, 0.25) is 0 Å². The van der Waals surface area contributed by atoms with E-state index in [0.29, 0.717) is 17.2 Å². The van der Waals surface area contributed by atoms with Gasteiger partial charge in [0.1, 0.15) is 17.6 Å². The molecule has 0 spiro atoms. The molecule has 0 saturated heterocycles. The Balaban J connectivity index is 1.53. The van der Waals surface area contributed by atoms with Crippen molar-refractivity contribution in [2.75, 3.05) is 5.73 Å². The Labute approximate surface area is 152 Å². The van der Waals surface area contributed by atoms with E-state index in [2.05, 4.69) is 36.3 Å². The number of nitrogens with zero attached hydrogens (tertiary/aromatic N) is 7. The summed E-state index contributed by atoms with van der Waals surface area (Å²) in [7, 11) is 0. The molecule has 8 nitrogen and oxygen atoms in total. The Kier molecular flexibility index (Phi) is 3.29. The van der Waals surface area contributed by atoms with Gasteiger partial charge in [-0.3, -0.25) is 9.98 Å². The minimum absolute atomic E-state index is 0.0542. The van der Waals surface area contributed by atoms with Gasteiger partial charge < -0.3 is 5.73 Å². The number of thiazole rings is 1. The molecule has 4 aromatic rings. The Morgan fingerprint density at radius 2 is 2.12 bits per heavy atom. The number of aromatic nitrogens is 5. The molecular weight excluding hydrogens is 348 g/mol. The maximum atomic E-state index is 5.79. The third-order valence-corrected chi connectivity index (χ3v) is 5.01. The second-order valence-electron chi connectivity index (χ2n) is 6.06. The van der Waals surface area contributed by atoms with Crippen LogP contribution >= 0.6 is 11.3 Å². The number of nitrogen functional groups attached to an aromatic ring is 1. The number of benzene rings is 1. The molecule has 3 aromatic heterocycles. The van der Waals surface area contributed by atoms with Gasteiger partial charge in [0.25, 0.3) is 0 Å². The Morgan fingerprint density at radius 1 is 1.19 bits per heavy atom. The van der Waals surface area contributed by atoms with Crippen LogP contribution in [-0.4, -0.2) is 42.9 Å². The lowest BCUT2D eigenvalue weighted by Crippen LogP contribution is -2.08. The number of aliphatic imine (C=N–C) groups is 2. The van der Waals surface area contributed by atoms with Crippen LogP contribution in [0.3, 0.4) is 0 Å². The number of hydrogen-bond acceptors (Lipinski definition) is 8. The average molecular weight is 362 g/mol. The maximum Gasteiger partial charge on any atom is 0.181 e. The van der Waals surface area contributed by atoms with Crippen LogP contribution < -0.4 is 5.73 Å². The van der Waals surface area contributed by atoms with Crippen molar-refractivity contribution < 1.29 is 0 Å². The smallest absolute Gasteiger partial charge is 0.181 e. The van der Waals surface area contributed by atoms with Crippen LogP contribution in [0.1, 0.15) is 24.0 Å². The number of nitrogens with two attached hydrogens (primary N) is 1. The monoisotopic (exact) mass is 362 g/mol. The summed E-state index contributed by atoms with van der Waals surface area (Å²) in [5, 5.41) is 13.7. The molecule has 0 fully saturated rings. The van der Waals surface area contributed by atoms with Crippen LogP contribution in [0.4, 0.5) is 5.13 Å². The number of rotatable bonds is 3. The fraction of sp³-hybridized carbons (Fsp3) is 0.176. The summed E-state index contributed by atoms with van der Waals surface area (Å²) in [5.41, 5.74) is 10.1. The van der Waals surface area contributed by atoms with Crippen molar-refractivity contribution in [3.8, 4) is 0 Å². The number of anilines is 1. The topological polar surface area (TPSA) is 107 Å². The molecular formula is C17H14N8S. The van der Waals surface area contributed by atoms with Crippen LogP contribution in [-0.2, 0) is 6.42 Å². The second-order valence-corrected chi connectivity index (χ2v) is 7.12. The first kappa shape index (κ1) is 15.1. The van der Waals surface area contributed by atoms with Crippen LogP contribution in [0.5, 0.6) is 0 Å². The average Bonchev–Trinajstić information content (AvgIpc) is 3.32. The Morgan fingerprint density at radius 3 is 2.96 bits per heavy atom. The summed E-state index contributed by atoms with van der Waals surface area (Å²) in [5.74, 6) is 0.766. The first-order chi connectivity index (χ1) is 12.7. The molecule has 1 atom stereocenters. The molecule has 26 heavy (non-hydrogen) atoms. The lowest BCUT2D eigenvalue weighted by atomic mass is 10.1. The second kappa shape index (κ2) is 5.67. The van der Waals surface area contributed by atoms with Crippen molar-refractivity contribution in [1.82, 2.24) is 24.8 Å². The normalized spacial score (nSPS) is 16.7. The van der Waals surface area contributed by atoms with E-state index in [1.54, 1.807) is 10.7 Å². The van der Waals surface area contributed by atoms with E-state index in [0.717, 1.165) is 33.0 Å². The van der Waals surface area contributed by atoms with Gasteiger partial charge in [-0.15, -0.1) is 10.2 Å². The van der Waals surface area contributed by atoms with Crippen molar-refractivity contribution >= 4 is 44.3 Å². The lowest BCUT2D eigenvalue weighted by Gasteiger charge is -2.02. The van der Waals surface area contributed by atoms with Crippen molar-refractivity contribution in [2.45, 2.75) is 19.5 Å².